The first-order valence-corrected chi connectivity index (χ1v) is 4.83. The lowest BCUT2D eigenvalue weighted by Gasteiger charge is -2.09. The lowest BCUT2D eigenvalue weighted by Crippen LogP contribution is -2.16. The van der Waals surface area contributed by atoms with Crippen LogP contribution in [0.3, 0.4) is 0 Å². The largest absolute Gasteiger partial charge is 0.492 e. The summed E-state index contributed by atoms with van der Waals surface area (Å²) in [5.74, 6) is 1.36. The Morgan fingerprint density at radius 2 is 2.21 bits per heavy atom. The van der Waals surface area contributed by atoms with Crippen LogP contribution < -0.4 is 10.2 Å². The standard InChI is InChI=1S/C11H17NO2/c1-9(2)10-4-3-5-11(8-10)14-7-6-12-13/h3-5,8-9,12-13H,6-7H2,1-2H3. The topological polar surface area (TPSA) is 41.5 Å². The maximum absolute atomic E-state index is 8.36. The summed E-state index contributed by atoms with van der Waals surface area (Å²) in [6.45, 7) is 5.20. The zero-order valence-electron chi connectivity index (χ0n) is 8.66. The second kappa shape index (κ2) is 5.62. The van der Waals surface area contributed by atoms with Crippen LogP contribution in [-0.2, 0) is 0 Å². The monoisotopic (exact) mass is 195 g/mol. The molecule has 78 valence electrons. The van der Waals surface area contributed by atoms with Gasteiger partial charge in [0, 0.05) is 0 Å². The second-order valence-electron chi connectivity index (χ2n) is 3.48. The maximum atomic E-state index is 8.36. The van der Waals surface area contributed by atoms with Crippen LogP contribution in [0.5, 0.6) is 5.75 Å². The van der Waals surface area contributed by atoms with Crippen molar-refractivity contribution in [1.29, 1.82) is 0 Å². The van der Waals surface area contributed by atoms with Gasteiger partial charge in [0.25, 0.3) is 0 Å². The molecule has 0 unspecified atom stereocenters. The molecule has 0 fully saturated rings. The van der Waals surface area contributed by atoms with Crippen molar-refractivity contribution in [2.24, 2.45) is 0 Å². The molecule has 0 heterocycles. The summed E-state index contributed by atoms with van der Waals surface area (Å²) in [5, 5.41) is 8.36. The molecule has 0 amide bonds. The minimum absolute atomic E-state index is 0.436. The predicted molar refractivity (Wildman–Crippen MR) is 55.8 cm³/mol. The molecule has 0 spiro atoms. The molecule has 0 aliphatic rings. The average Bonchev–Trinajstić information content (AvgIpc) is 2.19. The Bertz CT molecular complexity index is 274. The Morgan fingerprint density at radius 3 is 2.86 bits per heavy atom. The highest BCUT2D eigenvalue weighted by molar-refractivity contribution is 5.30. The lowest BCUT2D eigenvalue weighted by molar-refractivity contribution is 0.145. The Morgan fingerprint density at radius 1 is 1.43 bits per heavy atom. The van der Waals surface area contributed by atoms with Crippen molar-refractivity contribution in [1.82, 2.24) is 5.48 Å². The van der Waals surface area contributed by atoms with E-state index in [2.05, 4.69) is 25.4 Å². The van der Waals surface area contributed by atoms with E-state index in [-0.39, 0.29) is 0 Å². The molecule has 0 atom stereocenters. The van der Waals surface area contributed by atoms with Gasteiger partial charge in [-0.05, 0) is 23.6 Å². The van der Waals surface area contributed by atoms with E-state index in [1.54, 1.807) is 0 Å². The summed E-state index contributed by atoms with van der Waals surface area (Å²) in [6, 6.07) is 8.02. The van der Waals surface area contributed by atoms with Crippen LogP contribution in [-0.4, -0.2) is 18.4 Å². The quantitative estimate of drug-likeness (QED) is 0.559. The number of rotatable bonds is 5. The summed E-state index contributed by atoms with van der Waals surface area (Å²) < 4.78 is 5.41. The molecule has 1 aromatic rings. The average molecular weight is 195 g/mol. The summed E-state index contributed by atoms with van der Waals surface area (Å²) in [4.78, 5) is 0. The fourth-order valence-electron chi connectivity index (χ4n) is 1.18. The minimum Gasteiger partial charge on any atom is -0.492 e. The van der Waals surface area contributed by atoms with Crippen LogP contribution in [0, 0.1) is 0 Å². The first kappa shape index (κ1) is 11.0. The zero-order valence-corrected chi connectivity index (χ0v) is 8.66. The van der Waals surface area contributed by atoms with Gasteiger partial charge in [-0.25, -0.2) is 5.48 Å². The highest BCUT2D eigenvalue weighted by Crippen LogP contribution is 2.19. The number of hydrogen-bond donors (Lipinski definition) is 2. The van der Waals surface area contributed by atoms with E-state index in [9.17, 15) is 0 Å². The Balaban J connectivity index is 2.55. The molecule has 3 nitrogen and oxygen atoms in total. The molecule has 0 aliphatic heterocycles. The van der Waals surface area contributed by atoms with Gasteiger partial charge >= 0.3 is 0 Å². The summed E-state index contributed by atoms with van der Waals surface area (Å²) in [5.41, 5.74) is 3.31. The minimum atomic E-state index is 0.436. The second-order valence-corrected chi connectivity index (χ2v) is 3.48. The van der Waals surface area contributed by atoms with Crippen LogP contribution in [0.15, 0.2) is 24.3 Å². The number of ether oxygens (including phenoxy) is 1. The molecule has 3 heteroatoms. The zero-order chi connectivity index (χ0) is 10.4. The highest BCUT2D eigenvalue weighted by Gasteiger charge is 2.00. The number of nitrogens with one attached hydrogen (secondary N) is 1. The molecular weight excluding hydrogens is 178 g/mol. The Hall–Kier alpha value is -1.06. The molecule has 2 N–H and O–H groups in total. The van der Waals surface area contributed by atoms with Gasteiger partial charge in [0.2, 0.25) is 0 Å². The molecule has 14 heavy (non-hydrogen) atoms. The number of hydrogen-bond acceptors (Lipinski definition) is 3. The van der Waals surface area contributed by atoms with E-state index >= 15 is 0 Å². The van der Waals surface area contributed by atoms with Crippen molar-refractivity contribution in [3.05, 3.63) is 29.8 Å². The van der Waals surface area contributed by atoms with Gasteiger partial charge in [-0.1, -0.05) is 26.0 Å². The lowest BCUT2D eigenvalue weighted by atomic mass is 10.0. The molecule has 0 saturated carbocycles. The molecule has 0 radical (unpaired) electrons. The van der Waals surface area contributed by atoms with Gasteiger partial charge < -0.3 is 9.94 Å². The summed E-state index contributed by atoms with van der Waals surface area (Å²) in [6.07, 6.45) is 0. The highest BCUT2D eigenvalue weighted by atomic mass is 16.5. The van der Waals surface area contributed by atoms with Crippen molar-refractivity contribution >= 4 is 0 Å². The third kappa shape index (κ3) is 3.36. The molecular formula is C11H17NO2. The van der Waals surface area contributed by atoms with Gasteiger partial charge in [0.15, 0.2) is 0 Å². The van der Waals surface area contributed by atoms with Crippen molar-refractivity contribution in [3.63, 3.8) is 0 Å². The van der Waals surface area contributed by atoms with Gasteiger partial charge in [-0.15, -0.1) is 0 Å². The smallest absolute Gasteiger partial charge is 0.119 e. The van der Waals surface area contributed by atoms with Crippen LogP contribution in [0.25, 0.3) is 0 Å². The van der Waals surface area contributed by atoms with E-state index in [1.807, 2.05) is 18.2 Å². The van der Waals surface area contributed by atoms with E-state index in [1.165, 1.54) is 5.56 Å². The summed E-state index contributed by atoms with van der Waals surface area (Å²) in [7, 11) is 0. The van der Waals surface area contributed by atoms with Crippen molar-refractivity contribution in [3.8, 4) is 5.75 Å². The molecule has 1 rings (SSSR count). The van der Waals surface area contributed by atoms with Crippen LogP contribution in [0.1, 0.15) is 25.3 Å². The van der Waals surface area contributed by atoms with E-state index in [0.29, 0.717) is 19.1 Å². The van der Waals surface area contributed by atoms with Crippen LogP contribution in [0.2, 0.25) is 0 Å². The molecule has 0 saturated heterocycles. The number of hydroxylamine groups is 1. The van der Waals surface area contributed by atoms with Crippen molar-refractivity contribution in [2.75, 3.05) is 13.2 Å². The van der Waals surface area contributed by atoms with Crippen molar-refractivity contribution in [2.45, 2.75) is 19.8 Å². The normalized spacial score (nSPS) is 10.6. The van der Waals surface area contributed by atoms with Crippen LogP contribution in [0.4, 0.5) is 0 Å². The van der Waals surface area contributed by atoms with Gasteiger partial charge in [0.1, 0.15) is 12.4 Å². The first-order valence-electron chi connectivity index (χ1n) is 4.83. The SMILES string of the molecule is CC(C)c1cccc(OCCNO)c1. The summed E-state index contributed by atoms with van der Waals surface area (Å²) >= 11 is 0. The van der Waals surface area contributed by atoms with E-state index < -0.39 is 0 Å². The molecule has 0 bridgehead atoms. The van der Waals surface area contributed by atoms with E-state index in [0.717, 1.165) is 5.75 Å². The number of benzene rings is 1. The van der Waals surface area contributed by atoms with E-state index in [4.69, 9.17) is 9.94 Å². The first-order chi connectivity index (χ1) is 6.74. The van der Waals surface area contributed by atoms with Crippen LogP contribution >= 0.6 is 0 Å². The molecule has 0 aromatic heterocycles. The Kier molecular flexibility index (Phi) is 4.43. The predicted octanol–water partition coefficient (Wildman–Crippen LogP) is 2.17. The van der Waals surface area contributed by atoms with Gasteiger partial charge in [-0.2, -0.15) is 0 Å². The fourth-order valence-corrected chi connectivity index (χ4v) is 1.18. The maximum Gasteiger partial charge on any atom is 0.119 e. The Labute approximate surface area is 84.7 Å². The molecule has 0 aliphatic carbocycles. The van der Waals surface area contributed by atoms with Gasteiger partial charge in [-0.3, -0.25) is 0 Å². The fraction of sp³-hybridized carbons (Fsp3) is 0.455. The molecule has 1 aromatic carbocycles. The third-order valence-electron chi connectivity index (χ3n) is 2.01. The third-order valence-corrected chi connectivity index (χ3v) is 2.01. The van der Waals surface area contributed by atoms with Gasteiger partial charge in [0.05, 0.1) is 6.54 Å². The van der Waals surface area contributed by atoms with Crippen molar-refractivity contribution < 1.29 is 9.94 Å².